The molecule has 1 saturated heterocycles. The molecule has 1 aliphatic heterocycles. The van der Waals surface area contributed by atoms with Gasteiger partial charge in [0.1, 0.15) is 6.04 Å². The van der Waals surface area contributed by atoms with Gasteiger partial charge >= 0.3 is 12.0 Å². The van der Waals surface area contributed by atoms with E-state index in [-0.39, 0.29) is 19.0 Å². The minimum absolute atomic E-state index is 0.0560. The maximum absolute atomic E-state index is 12.3. The van der Waals surface area contributed by atoms with Crippen molar-refractivity contribution in [3.05, 3.63) is 34.3 Å². The summed E-state index contributed by atoms with van der Waals surface area (Å²) in [5.41, 5.74) is 0.945. The van der Waals surface area contributed by atoms with Crippen LogP contribution >= 0.6 is 15.9 Å². The highest BCUT2D eigenvalue weighted by Gasteiger charge is 2.39. The van der Waals surface area contributed by atoms with E-state index in [1.165, 1.54) is 9.80 Å². The minimum atomic E-state index is -1.09. The van der Waals surface area contributed by atoms with Crippen LogP contribution in [0.1, 0.15) is 12.0 Å². The first-order valence-corrected chi connectivity index (χ1v) is 7.35. The van der Waals surface area contributed by atoms with Gasteiger partial charge in [-0.2, -0.15) is 0 Å². The number of halogens is 1. The summed E-state index contributed by atoms with van der Waals surface area (Å²) >= 11 is 3.34. The first-order chi connectivity index (χ1) is 9.88. The average molecular weight is 357 g/mol. The Morgan fingerprint density at radius 2 is 2.00 bits per heavy atom. The van der Waals surface area contributed by atoms with Crippen molar-refractivity contribution in [1.82, 2.24) is 9.80 Å². The maximum Gasteiger partial charge on any atom is 0.326 e. The van der Waals surface area contributed by atoms with E-state index in [9.17, 15) is 14.7 Å². The lowest BCUT2D eigenvalue weighted by Gasteiger charge is -2.27. The molecule has 1 aromatic rings. The Balaban J connectivity index is 2.04. The van der Waals surface area contributed by atoms with Gasteiger partial charge in [0.15, 0.2) is 0 Å². The molecular weight excluding hydrogens is 340 g/mol. The summed E-state index contributed by atoms with van der Waals surface area (Å²) in [6.07, 6.45) is -0.705. The zero-order valence-corrected chi connectivity index (χ0v) is 13.2. The van der Waals surface area contributed by atoms with Crippen LogP contribution in [0.25, 0.3) is 0 Å². The number of aliphatic hydroxyl groups excluding tert-OH is 1. The fourth-order valence-electron chi connectivity index (χ4n) is 2.41. The van der Waals surface area contributed by atoms with Crippen LogP contribution in [0, 0.1) is 0 Å². The van der Waals surface area contributed by atoms with E-state index < -0.39 is 18.1 Å². The van der Waals surface area contributed by atoms with Gasteiger partial charge in [-0.3, -0.25) is 0 Å². The molecule has 0 bridgehead atoms. The molecule has 0 aromatic heterocycles. The number of benzene rings is 1. The van der Waals surface area contributed by atoms with Crippen molar-refractivity contribution >= 4 is 27.9 Å². The number of β-amino-alcohol motifs (C(OH)–C–C–N with tert-alkyl or cyclic N) is 1. The summed E-state index contributed by atoms with van der Waals surface area (Å²) in [5.74, 6) is -1.09. The fourth-order valence-corrected chi connectivity index (χ4v) is 2.67. The second-order valence-corrected chi connectivity index (χ2v) is 6.08. The number of aliphatic carboxylic acids is 1. The molecular formula is C14H17BrN2O4. The lowest BCUT2D eigenvalue weighted by molar-refractivity contribution is -0.141. The average Bonchev–Trinajstić information content (AvgIpc) is 2.82. The van der Waals surface area contributed by atoms with Crippen LogP contribution in [0.3, 0.4) is 0 Å². The number of urea groups is 1. The van der Waals surface area contributed by atoms with Gasteiger partial charge in [0.05, 0.1) is 6.10 Å². The quantitative estimate of drug-likeness (QED) is 0.860. The van der Waals surface area contributed by atoms with Crippen LogP contribution in [-0.4, -0.2) is 57.8 Å². The largest absolute Gasteiger partial charge is 0.480 e. The summed E-state index contributed by atoms with van der Waals surface area (Å²) in [4.78, 5) is 26.2. The Morgan fingerprint density at radius 3 is 2.57 bits per heavy atom. The van der Waals surface area contributed by atoms with Gasteiger partial charge in [0.2, 0.25) is 0 Å². The van der Waals surface area contributed by atoms with Crippen molar-refractivity contribution in [2.45, 2.75) is 25.1 Å². The van der Waals surface area contributed by atoms with E-state index in [2.05, 4.69) is 15.9 Å². The number of carboxylic acids is 1. The van der Waals surface area contributed by atoms with Crippen LogP contribution < -0.4 is 0 Å². The summed E-state index contributed by atoms with van der Waals surface area (Å²) < 4.78 is 0.953. The SMILES string of the molecule is CN(Cc1ccc(Br)cc1)C(=O)N1C[C@H](O)C[C@@H]1C(=O)O. The Kier molecular flexibility index (Phi) is 4.84. The van der Waals surface area contributed by atoms with E-state index in [0.717, 1.165) is 10.0 Å². The number of hydrogen-bond acceptors (Lipinski definition) is 3. The number of amides is 2. The van der Waals surface area contributed by atoms with Gasteiger partial charge in [-0.1, -0.05) is 28.1 Å². The number of carbonyl (C=O) groups excluding carboxylic acids is 1. The van der Waals surface area contributed by atoms with Crippen LogP contribution in [-0.2, 0) is 11.3 Å². The van der Waals surface area contributed by atoms with Crippen molar-refractivity contribution in [3.63, 3.8) is 0 Å². The van der Waals surface area contributed by atoms with Gasteiger partial charge in [-0.05, 0) is 17.7 Å². The second kappa shape index (κ2) is 6.44. The minimum Gasteiger partial charge on any atom is -0.480 e. The smallest absolute Gasteiger partial charge is 0.326 e. The van der Waals surface area contributed by atoms with Gasteiger partial charge in [0.25, 0.3) is 0 Å². The number of rotatable bonds is 3. The van der Waals surface area contributed by atoms with Gasteiger partial charge in [-0.15, -0.1) is 0 Å². The van der Waals surface area contributed by atoms with Crippen LogP contribution in [0.5, 0.6) is 0 Å². The molecule has 6 nitrogen and oxygen atoms in total. The third-order valence-electron chi connectivity index (χ3n) is 3.47. The first kappa shape index (κ1) is 15.8. The molecule has 2 amide bonds. The molecule has 0 spiro atoms. The van der Waals surface area contributed by atoms with Crippen LogP contribution in [0.15, 0.2) is 28.7 Å². The standard InChI is InChI=1S/C14H17BrN2O4/c1-16(7-9-2-4-10(15)5-3-9)14(21)17-8-11(18)6-12(17)13(19)20/h2-5,11-12,18H,6-8H2,1H3,(H,19,20)/t11-,12-/m1/s1. The molecule has 0 aliphatic carbocycles. The Hall–Kier alpha value is -1.60. The predicted molar refractivity (Wildman–Crippen MR) is 79.8 cm³/mol. The highest BCUT2D eigenvalue weighted by atomic mass is 79.9. The highest BCUT2D eigenvalue weighted by molar-refractivity contribution is 9.10. The van der Waals surface area contributed by atoms with Crippen LogP contribution in [0.4, 0.5) is 4.79 Å². The number of likely N-dealkylation sites (tertiary alicyclic amines) is 1. The lowest BCUT2D eigenvalue weighted by atomic mass is 10.2. The van der Waals surface area contributed by atoms with E-state index in [4.69, 9.17) is 5.11 Å². The normalized spacial score (nSPS) is 21.4. The number of hydrogen-bond donors (Lipinski definition) is 2. The topological polar surface area (TPSA) is 81.1 Å². The van der Waals surface area contributed by atoms with Crippen molar-refractivity contribution in [3.8, 4) is 0 Å². The molecule has 7 heteroatoms. The molecule has 21 heavy (non-hydrogen) atoms. The number of carboxylic acid groups (broad SMARTS) is 1. The number of aliphatic hydroxyl groups is 1. The third-order valence-corrected chi connectivity index (χ3v) is 4.00. The molecule has 2 rings (SSSR count). The molecule has 2 atom stereocenters. The third kappa shape index (κ3) is 3.74. The lowest BCUT2D eigenvalue weighted by Crippen LogP contribution is -2.46. The van der Waals surface area contributed by atoms with Crippen LogP contribution in [0.2, 0.25) is 0 Å². The summed E-state index contributed by atoms with van der Waals surface area (Å²) in [5, 5.41) is 18.7. The molecule has 1 aliphatic rings. The Bertz CT molecular complexity index is 534. The zero-order valence-electron chi connectivity index (χ0n) is 11.6. The molecule has 0 unspecified atom stereocenters. The van der Waals surface area contributed by atoms with Crippen molar-refractivity contribution in [1.29, 1.82) is 0 Å². The molecule has 114 valence electrons. The fraction of sp³-hybridized carbons (Fsp3) is 0.429. The van der Waals surface area contributed by atoms with E-state index in [1.807, 2.05) is 24.3 Å². The number of carbonyl (C=O) groups is 2. The van der Waals surface area contributed by atoms with Crippen molar-refractivity contribution < 1.29 is 19.8 Å². The Morgan fingerprint density at radius 1 is 1.38 bits per heavy atom. The maximum atomic E-state index is 12.3. The van der Waals surface area contributed by atoms with E-state index in [1.54, 1.807) is 7.05 Å². The van der Waals surface area contributed by atoms with Gasteiger partial charge < -0.3 is 20.0 Å². The predicted octanol–water partition coefficient (Wildman–Crippen LogP) is 1.52. The van der Waals surface area contributed by atoms with Gasteiger partial charge in [0, 0.05) is 31.0 Å². The number of nitrogens with zero attached hydrogens (tertiary/aromatic N) is 2. The molecule has 0 radical (unpaired) electrons. The van der Waals surface area contributed by atoms with Gasteiger partial charge in [-0.25, -0.2) is 9.59 Å². The molecule has 0 saturated carbocycles. The summed E-state index contributed by atoms with van der Waals surface area (Å²) in [6.45, 7) is 0.436. The highest BCUT2D eigenvalue weighted by Crippen LogP contribution is 2.20. The zero-order chi connectivity index (χ0) is 15.6. The summed E-state index contributed by atoms with van der Waals surface area (Å²) in [7, 11) is 1.62. The monoisotopic (exact) mass is 356 g/mol. The van der Waals surface area contributed by atoms with E-state index >= 15 is 0 Å². The van der Waals surface area contributed by atoms with E-state index in [0.29, 0.717) is 6.54 Å². The molecule has 1 fully saturated rings. The molecule has 1 heterocycles. The second-order valence-electron chi connectivity index (χ2n) is 5.16. The first-order valence-electron chi connectivity index (χ1n) is 6.55. The molecule has 2 N–H and O–H groups in total. The Labute approximate surface area is 131 Å². The molecule has 1 aromatic carbocycles. The summed E-state index contributed by atoms with van der Waals surface area (Å²) in [6, 6.07) is 6.20. The van der Waals surface area contributed by atoms with Crippen molar-refractivity contribution in [2.75, 3.05) is 13.6 Å². The van der Waals surface area contributed by atoms with Crippen molar-refractivity contribution in [2.24, 2.45) is 0 Å².